The maximum atomic E-state index is 11.4. The molecule has 2 N–H and O–H groups in total. The Bertz CT molecular complexity index is 769. The zero-order valence-corrected chi connectivity index (χ0v) is 60.7. The Morgan fingerprint density at radius 3 is 1.06 bits per heavy atom. The Morgan fingerprint density at radius 2 is 1.03 bits per heavy atom. The molecular formula is C68H162F2N4O3. The summed E-state index contributed by atoms with van der Waals surface area (Å²) in [5.41, 5.74) is 0.509. The molecule has 1 rings (SSSR count). The van der Waals surface area contributed by atoms with Crippen LogP contribution in [0.3, 0.4) is 0 Å². The van der Waals surface area contributed by atoms with Gasteiger partial charge in [-0.3, -0.25) is 8.78 Å². The molecule has 486 valence electrons. The van der Waals surface area contributed by atoms with Crippen LogP contribution in [0.4, 0.5) is 8.78 Å². The van der Waals surface area contributed by atoms with E-state index < -0.39 is 0 Å². The van der Waals surface area contributed by atoms with Crippen LogP contribution >= 0.6 is 0 Å². The fourth-order valence-electron chi connectivity index (χ4n) is 5.72. The molecule has 0 aromatic carbocycles. The number of halogens is 2. The Hall–Kier alpha value is -0.420. The van der Waals surface area contributed by atoms with Crippen molar-refractivity contribution in [2.45, 2.75) is 289 Å². The van der Waals surface area contributed by atoms with Gasteiger partial charge in [0.05, 0.1) is 20.0 Å². The second-order valence-corrected chi connectivity index (χ2v) is 22.7. The molecule has 0 heterocycles. The lowest BCUT2D eigenvalue weighted by Gasteiger charge is -2.25. The molecule has 9 heteroatoms. The van der Waals surface area contributed by atoms with E-state index in [4.69, 9.17) is 14.2 Å². The van der Waals surface area contributed by atoms with E-state index in [9.17, 15) is 8.78 Å². The van der Waals surface area contributed by atoms with Gasteiger partial charge in [-0.1, -0.05) is 218 Å². The van der Waals surface area contributed by atoms with Crippen LogP contribution in [0, 0.1) is 46.8 Å². The molecule has 1 fully saturated rings. The van der Waals surface area contributed by atoms with Crippen molar-refractivity contribution < 1.29 is 23.0 Å². The van der Waals surface area contributed by atoms with Gasteiger partial charge in [0.15, 0.2) is 0 Å². The van der Waals surface area contributed by atoms with Gasteiger partial charge in [-0.2, -0.15) is 0 Å². The van der Waals surface area contributed by atoms with Crippen molar-refractivity contribution in [3.8, 4) is 0 Å². The highest BCUT2D eigenvalue weighted by molar-refractivity contribution is 4.68. The summed E-state index contributed by atoms with van der Waals surface area (Å²) in [5, 5.41) is 6.13. The molecule has 0 spiro atoms. The van der Waals surface area contributed by atoms with Crippen LogP contribution in [0.25, 0.3) is 0 Å². The highest BCUT2D eigenvalue weighted by atomic mass is 19.1. The van der Waals surface area contributed by atoms with Gasteiger partial charge >= 0.3 is 0 Å². The van der Waals surface area contributed by atoms with Crippen molar-refractivity contribution in [3.05, 3.63) is 0 Å². The summed E-state index contributed by atoms with van der Waals surface area (Å²) in [6.45, 7) is 69.0. The van der Waals surface area contributed by atoms with Gasteiger partial charge in [0, 0.05) is 34.0 Å². The highest BCUT2D eigenvalue weighted by Crippen LogP contribution is 2.27. The molecule has 77 heavy (non-hydrogen) atoms. The van der Waals surface area contributed by atoms with Gasteiger partial charge in [0.2, 0.25) is 0 Å². The van der Waals surface area contributed by atoms with Crippen molar-refractivity contribution in [2.75, 3.05) is 115 Å². The fourth-order valence-corrected chi connectivity index (χ4v) is 5.72. The summed E-state index contributed by atoms with van der Waals surface area (Å²) < 4.78 is 35.5. The van der Waals surface area contributed by atoms with Gasteiger partial charge in [0.25, 0.3) is 0 Å². The topological polar surface area (TPSA) is 58.2 Å². The minimum atomic E-state index is -0.0833. The largest absolute Gasteiger partial charge is 0.385 e. The summed E-state index contributed by atoms with van der Waals surface area (Å²) in [5.74, 6) is 5.84. The third kappa shape index (κ3) is 148. The fraction of sp³-hybridized carbons (Fsp3) is 1.00. The van der Waals surface area contributed by atoms with Gasteiger partial charge < -0.3 is 34.6 Å². The zero-order chi connectivity index (χ0) is 63.5. The van der Waals surface area contributed by atoms with Crippen LogP contribution in [0.5, 0.6) is 0 Å². The normalized spacial score (nSPS) is 12.8. The molecular weight excluding hydrogens is 959 g/mol. The molecule has 0 aromatic heterocycles. The smallest absolute Gasteiger partial charge is 0.0922 e. The van der Waals surface area contributed by atoms with Crippen LogP contribution in [0.1, 0.15) is 283 Å². The molecule has 0 radical (unpaired) electrons. The molecule has 1 aliphatic rings. The van der Waals surface area contributed by atoms with Crippen LogP contribution in [0.2, 0.25) is 0 Å². The van der Waals surface area contributed by atoms with Crippen molar-refractivity contribution in [1.82, 2.24) is 20.4 Å². The van der Waals surface area contributed by atoms with E-state index in [2.05, 4.69) is 215 Å². The minimum absolute atomic E-state index is 0.0833. The molecule has 0 bridgehead atoms. The Morgan fingerprint density at radius 1 is 0.584 bits per heavy atom. The number of methoxy groups -OCH3 is 2. The SMILES string of the molecule is CCC(C)C(C)(C)C.CCC(C)C(C)CC.CCC(C)CC(C)C.CCCC(C)C.CCCC(C)OC.CCCN(C)C.CCCNC.CCCOC.CCN(C)CC.CCNCC.CCOCC.CF.FCC1CCC1. The number of rotatable bonds is 25. The maximum absolute atomic E-state index is 11.4. The molecule has 5 unspecified atom stereocenters. The summed E-state index contributed by atoms with van der Waals surface area (Å²) in [4.78, 5) is 4.43. The van der Waals surface area contributed by atoms with Crippen LogP contribution < -0.4 is 10.6 Å². The number of hydrogen-bond acceptors (Lipinski definition) is 7. The Kier molecular flexibility index (Phi) is 133. The first-order valence-corrected chi connectivity index (χ1v) is 32.3. The standard InChI is InChI=1S/3C8H18.C6H14O.C6H14.C5H9F.2C5H13N.2C4H11N.2C4H10O.CH3F/c1-6-7(2)8(3,4)5;1-5-8(4)6-7(2)3;1-5-7(3)8(4)6-2;1-4-5-6(2)7-3;1-4-5-6(2)3;6-4-5-2-1-3-5;1-4-5-6(2)3;1-4-6(3)5-2;1-3-4-5-2;1-3-5-4-2;1-3-4-5-2;1-3-5-4-2;1-2/h7H,6H2,1-5H3;2*7-8H,5-6H2,1-4H3;6H,4-5H2,1-3H3;6H,4-5H2,1-3H3;5H,1-4H2;2*4-5H2,1-3H3;2*5H,3-4H2,1-2H3;2*3-4H2,1-2H3;1H3. The van der Waals surface area contributed by atoms with Gasteiger partial charge in [-0.25, -0.2) is 0 Å². The Labute approximate surface area is 493 Å². The van der Waals surface area contributed by atoms with Crippen molar-refractivity contribution >= 4 is 0 Å². The third-order valence-electron chi connectivity index (χ3n) is 12.9. The molecule has 1 saturated carbocycles. The van der Waals surface area contributed by atoms with Gasteiger partial charge in [0.1, 0.15) is 0 Å². The third-order valence-corrected chi connectivity index (χ3v) is 12.9. The number of ether oxygens (including phenoxy) is 3. The lowest BCUT2D eigenvalue weighted by molar-refractivity contribution is 0.110. The van der Waals surface area contributed by atoms with E-state index in [1.54, 1.807) is 14.2 Å². The van der Waals surface area contributed by atoms with E-state index in [-0.39, 0.29) is 6.67 Å². The van der Waals surface area contributed by atoms with E-state index in [1.807, 2.05) is 20.9 Å². The van der Waals surface area contributed by atoms with E-state index >= 15 is 0 Å². The van der Waals surface area contributed by atoms with Crippen molar-refractivity contribution in [2.24, 2.45) is 46.8 Å². The van der Waals surface area contributed by atoms with Crippen LogP contribution in [0.15, 0.2) is 0 Å². The van der Waals surface area contributed by atoms with Gasteiger partial charge in [-0.15, -0.1) is 0 Å². The second kappa shape index (κ2) is 97.7. The number of nitrogens with one attached hydrogen (secondary N) is 2. The van der Waals surface area contributed by atoms with E-state index in [0.717, 1.165) is 107 Å². The van der Waals surface area contributed by atoms with E-state index in [1.165, 1.54) is 83.6 Å². The van der Waals surface area contributed by atoms with Gasteiger partial charge in [-0.05, 0) is 180 Å². The maximum Gasteiger partial charge on any atom is 0.0922 e. The molecule has 0 saturated heterocycles. The average molecular weight is 1120 g/mol. The van der Waals surface area contributed by atoms with E-state index in [0.29, 0.717) is 24.6 Å². The summed E-state index contributed by atoms with van der Waals surface area (Å²) >= 11 is 0. The van der Waals surface area contributed by atoms with Crippen molar-refractivity contribution in [1.29, 1.82) is 0 Å². The summed E-state index contributed by atoms with van der Waals surface area (Å²) in [7, 11) is 12.2. The van der Waals surface area contributed by atoms with Crippen LogP contribution in [-0.4, -0.2) is 131 Å². The first-order chi connectivity index (χ1) is 36.1. The predicted octanol–water partition coefficient (Wildman–Crippen LogP) is 21.1. The quantitative estimate of drug-likeness (QED) is 0.0945. The molecule has 0 aromatic rings. The molecule has 7 nitrogen and oxygen atoms in total. The monoisotopic (exact) mass is 1120 g/mol. The zero-order valence-electron chi connectivity index (χ0n) is 60.7. The highest BCUT2D eigenvalue weighted by Gasteiger charge is 2.17. The summed E-state index contributed by atoms with van der Waals surface area (Å²) in [6, 6.07) is 0. The number of hydrogen-bond donors (Lipinski definition) is 2. The first kappa shape index (κ1) is 105. The minimum Gasteiger partial charge on any atom is -0.385 e. The number of nitrogens with zero attached hydrogens (tertiary/aromatic N) is 2. The average Bonchev–Trinajstić information content (AvgIpc) is 3.38. The summed E-state index contributed by atoms with van der Waals surface area (Å²) in [6.07, 6.45) is 19.4. The first-order valence-electron chi connectivity index (χ1n) is 32.3. The predicted molar refractivity (Wildman–Crippen MR) is 359 cm³/mol. The lowest BCUT2D eigenvalue weighted by atomic mass is 9.81. The number of alkyl halides is 2. The second-order valence-electron chi connectivity index (χ2n) is 22.7. The Balaban J connectivity index is -0.0000000599. The molecule has 0 amide bonds. The van der Waals surface area contributed by atoms with Crippen molar-refractivity contribution in [3.63, 3.8) is 0 Å². The molecule has 5 atom stereocenters. The molecule has 0 aliphatic heterocycles. The van der Waals surface area contributed by atoms with Crippen LogP contribution in [-0.2, 0) is 14.2 Å². The molecule has 1 aliphatic carbocycles. The lowest BCUT2D eigenvalue weighted by Crippen LogP contribution is -2.15.